The average molecular weight is 472 g/mol. The number of rotatable bonds is 4. The van der Waals surface area contributed by atoms with E-state index in [9.17, 15) is 9.59 Å². The van der Waals surface area contributed by atoms with E-state index in [2.05, 4.69) is 15.0 Å². The largest absolute Gasteiger partial charge is 0.440 e. The van der Waals surface area contributed by atoms with Gasteiger partial charge in [0.2, 0.25) is 5.89 Å². The summed E-state index contributed by atoms with van der Waals surface area (Å²) in [5.74, 6) is 1.98. The summed E-state index contributed by atoms with van der Waals surface area (Å²) in [6, 6.07) is 7.33. The van der Waals surface area contributed by atoms with Crippen molar-refractivity contribution in [1.29, 1.82) is 0 Å². The lowest BCUT2D eigenvalue weighted by Gasteiger charge is -2.19. The predicted octanol–water partition coefficient (Wildman–Crippen LogP) is 3.93. The molecule has 0 saturated carbocycles. The Hall–Kier alpha value is -2.91. The zero-order valence-corrected chi connectivity index (χ0v) is 19.9. The zero-order valence-electron chi connectivity index (χ0n) is 18.3. The maximum Gasteiger partial charge on any atom is 0.332 e. The molecule has 0 spiro atoms. The molecule has 0 aliphatic carbocycles. The van der Waals surface area contributed by atoms with E-state index in [0.717, 1.165) is 10.1 Å². The Morgan fingerprint density at radius 1 is 1.12 bits per heavy atom. The first-order valence-electron chi connectivity index (χ1n) is 9.88. The van der Waals surface area contributed by atoms with Crippen molar-refractivity contribution in [1.82, 2.24) is 24.1 Å². The van der Waals surface area contributed by atoms with E-state index in [4.69, 9.17) is 16.0 Å². The normalized spacial score (nSPS) is 11.9. The van der Waals surface area contributed by atoms with Crippen molar-refractivity contribution < 1.29 is 4.42 Å². The molecule has 1 aromatic carbocycles. The second-order valence-electron chi connectivity index (χ2n) is 8.42. The van der Waals surface area contributed by atoms with Gasteiger partial charge in [0.15, 0.2) is 11.4 Å². The van der Waals surface area contributed by atoms with Crippen molar-refractivity contribution >= 4 is 34.4 Å². The minimum absolute atomic E-state index is 0.300. The molecule has 0 radical (unpaired) electrons. The summed E-state index contributed by atoms with van der Waals surface area (Å²) in [7, 11) is 3.05. The van der Waals surface area contributed by atoms with Crippen LogP contribution in [0, 0.1) is 0 Å². The van der Waals surface area contributed by atoms with Crippen LogP contribution in [-0.2, 0) is 25.3 Å². The molecule has 0 atom stereocenters. The fraction of sp³-hybridized carbons (Fsp3) is 0.318. The molecule has 0 amide bonds. The second kappa shape index (κ2) is 8.22. The van der Waals surface area contributed by atoms with E-state index in [1.165, 1.54) is 23.4 Å². The van der Waals surface area contributed by atoms with E-state index in [0.29, 0.717) is 44.3 Å². The van der Waals surface area contributed by atoms with Gasteiger partial charge in [-0.05, 0) is 12.1 Å². The summed E-state index contributed by atoms with van der Waals surface area (Å²) >= 11 is 7.39. The lowest BCUT2D eigenvalue weighted by molar-refractivity contribution is 0.529. The molecule has 0 bridgehead atoms. The van der Waals surface area contributed by atoms with Gasteiger partial charge < -0.3 is 4.42 Å². The molecule has 10 heteroatoms. The summed E-state index contributed by atoms with van der Waals surface area (Å²) < 4.78 is 8.32. The van der Waals surface area contributed by atoms with Gasteiger partial charge in [0, 0.05) is 30.1 Å². The smallest absolute Gasteiger partial charge is 0.332 e. The Morgan fingerprint density at radius 2 is 1.88 bits per heavy atom. The highest BCUT2D eigenvalue weighted by Crippen LogP contribution is 2.30. The fourth-order valence-corrected chi connectivity index (χ4v) is 4.21. The molecule has 0 fully saturated rings. The molecule has 0 N–H and O–H groups in total. The first-order valence-corrected chi connectivity index (χ1v) is 11.2. The number of thioether (sulfide) groups is 1. The van der Waals surface area contributed by atoms with Crippen LogP contribution < -0.4 is 11.2 Å². The molecule has 3 aromatic heterocycles. The molecular weight excluding hydrogens is 450 g/mol. The third-order valence-electron chi connectivity index (χ3n) is 4.93. The lowest BCUT2D eigenvalue weighted by Crippen LogP contribution is -2.38. The molecule has 0 saturated heterocycles. The minimum Gasteiger partial charge on any atom is -0.440 e. The van der Waals surface area contributed by atoms with Gasteiger partial charge in [-0.15, -0.1) is 0 Å². The number of hydrogen-bond acceptors (Lipinski definition) is 7. The topological polar surface area (TPSA) is 95.8 Å². The van der Waals surface area contributed by atoms with Crippen LogP contribution in [0.2, 0.25) is 5.02 Å². The Morgan fingerprint density at radius 3 is 2.56 bits per heavy atom. The van der Waals surface area contributed by atoms with Gasteiger partial charge in [-0.2, -0.15) is 0 Å². The van der Waals surface area contributed by atoms with Gasteiger partial charge in [0.1, 0.15) is 16.2 Å². The van der Waals surface area contributed by atoms with Crippen molar-refractivity contribution in [3.63, 3.8) is 0 Å². The monoisotopic (exact) mass is 471 g/mol. The molecule has 8 nitrogen and oxygen atoms in total. The van der Waals surface area contributed by atoms with E-state index in [-0.39, 0.29) is 5.41 Å². The third kappa shape index (κ3) is 4.10. The molecule has 4 rings (SSSR count). The quantitative estimate of drug-likeness (QED) is 0.328. The van der Waals surface area contributed by atoms with Crippen LogP contribution in [0.1, 0.15) is 32.5 Å². The lowest BCUT2D eigenvalue weighted by atomic mass is 9.96. The molecule has 32 heavy (non-hydrogen) atoms. The Kier molecular flexibility index (Phi) is 5.72. The first kappa shape index (κ1) is 22.3. The SMILES string of the molecule is Cn1c(=O)c2c(SCc3ncc(-c4cccc(Cl)c4)o3)nc(C(C)(C)C)nc2n(C)c1=O. The number of benzene rings is 1. The predicted molar refractivity (Wildman–Crippen MR) is 125 cm³/mol. The molecule has 166 valence electrons. The van der Waals surface area contributed by atoms with Crippen LogP contribution >= 0.6 is 23.4 Å². The Labute approximate surface area is 193 Å². The van der Waals surface area contributed by atoms with Gasteiger partial charge in [-0.3, -0.25) is 13.9 Å². The van der Waals surface area contributed by atoms with Crippen LogP contribution in [0.4, 0.5) is 0 Å². The maximum absolute atomic E-state index is 12.9. The van der Waals surface area contributed by atoms with Gasteiger partial charge in [-0.1, -0.05) is 56.3 Å². The van der Waals surface area contributed by atoms with E-state index in [1.54, 1.807) is 25.4 Å². The third-order valence-corrected chi connectivity index (χ3v) is 6.13. The van der Waals surface area contributed by atoms with Crippen LogP contribution in [0.15, 0.2) is 49.5 Å². The van der Waals surface area contributed by atoms with E-state index in [1.807, 2.05) is 32.9 Å². The standard InChI is InChI=1S/C22H22ClN5O3S/c1-22(2,3)20-25-17-16(19(29)28(5)21(30)27(17)4)18(26-20)32-11-15-24-10-14(31-15)12-7-6-8-13(23)9-12/h6-10H,11H2,1-5H3. The number of fused-ring (bicyclic) bond motifs is 1. The molecule has 0 aliphatic rings. The van der Waals surface area contributed by atoms with E-state index >= 15 is 0 Å². The van der Waals surface area contributed by atoms with Crippen molar-refractivity contribution in [2.24, 2.45) is 14.1 Å². The van der Waals surface area contributed by atoms with Crippen molar-refractivity contribution in [3.8, 4) is 11.3 Å². The summed E-state index contributed by atoms with van der Waals surface area (Å²) in [6.45, 7) is 5.94. The molecule has 0 unspecified atom stereocenters. The summed E-state index contributed by atoms with van der Waals surface area (Å²) in [5.41, 5.74) is -0.0994. The van der Waals surface area contributed by atoms with Crippen molar-refractivity contribution in [2.45, 2.75) is 37.0 Å². The number of aryl methyl sites for hydroxylation is 1. The van der Waals surface area contributed by atoms with Gasteiger partial charge in [-0.25, -0.2) is 19.7 Å². The number of aromatic nitrogens is 5. The van der Waals surface area contributed by atoms with Crippen LogP contribution in [0.25, 0.3) is 22.4 Å². The van der Waals surface area contributed by atoms with Gasteiger partial charge in [0.25, 0.3) is 5.56 Å². The highest BCUT2D eigenvalue weighted by Gasteiger charge is 2.24. The number of oxazole rings is 1. The van der Waals surface area contributed by atoms with Crippen molar-refractivity contribution in [3.05, 3.63) is 68.0 Å². The highest BCUT2D eigenvalue weighted by atomic mass is 35.5. The number of hydrogen-bond donors (Lipinski definition) is 0. The molecule has 4 aromatic rings. The summed E-state index contributed by atoms with van der Waals surface area (Å²) in [5, 5.41) is 1.39. The zero-order chi connectivity index (χ0) is 23.2. The minimum atomic E-state index is -0.434. The molecule has 3 heterocycles. The molecular formula is C22H22ClN5O3S. The van der Waals surface area contributed by atoms with Crippen LogP contribution in [-0.4, -0.2) is 24.1 Å². The average Bonchev–Trinajstić information content (AvgIpc) is 3.22. The van der Waals surface area contributed by atoms with Crippen LogP contribution in [0.3, 0.4) is 0 Å². The highest BCUT2D eigenvalue weighted by molar-refractivity contribution is 7.98. The fourth-order valence-electron chi connectivity index (χ4n) is 3.15. The number of halogens is 1. The Balaban J connectivity index is 1.76. The van der Waals surface area contributed by atoms with Gasteiger partial charge in [0.05, 0.1) is 11.9 Å². The number of nitrogens with zero attached hydrogens (tertiary/aromatic N) is 5. The maximum atomic E-state index is 12.9. The summed E-state index contributed by atoms with van der Waals surface area (Å²) in [6.07, 6.45) is 1.64. The first-order chi connectivity index (χ1) is 15.1. The summed E-state index contributed by atoms with van der Waals surface area (Å²) in [4.78, 5) is 38.9. The van der Waals surface area contributed by atoms with Gasteiger partial charge >= 0.3 is 5.69 Å². The van der Waals surface area contributed by atoms with Crippen molar-refractivity contribution in [2.75, 3.05) is 0 Å². The van der Waals surface area contributed by atoms with E-state index < -0.39 is 11.2 Å². The second-order valence-corrected chi connectivity index (χ2v) is 9.82. The molecule has 0 aliphatic heterocycles. The Bertz CT molecular complexity index is 1450. The van der Waals surface area contributed by atoms with Crippen LogP contribution in [0.5, 0.6) is 0 Å².